The van der Waals surface area contributed by atoms with Crippen LogP contribution in [-0.2, 0) is 0 Å². The lowest BCUT2D eigenvalue weighted by Crippen LogP contribution is -2.21. The molecule has 0 aromatic carbocycles. The Morgan fingerprint density at radius 2 is 2.20 bits per heavy atom. The Hall–Kier alpha value is -0.120. The van der Waals surface area contributed by atoms with Crippen molar-refractivity contribution < 1.29 is 10.2 Å². The van der Waals surface area contributed by atoms with E-state index in [9.17, 15) is 5.11 Å². The molecule has 0 amide bonds. The van der Waals surface area contributed by atoms with Crippen LogP contribution in [0.2, 0.25) is 0 Å². The lowest BCUT2D eigenvalue weighted by molar-refractivity contribution is 0.103. The SMILES string of the molecule is CCN1CC(O)C(CO)C1. The van der Waals surface area contributed by atoms with Gasteiger partial charge in [0.05, 0.1) is 6.10 Å². The minimum atomic E-state index is -0.315. The molecule has 10 heavy (non-hydrogen) atoms. The van der Waals surface area contributed by atoms with E-state index in [-0.39, 0.29) is 18.6 Å². The van der Waals surface area contributed by atoms with Crippen LogP contribution in [0.15, 0.2) is 0 Å². The number of aliphatic hydroxyl groups excluding tert-OH is 2. The van der Waals surface area contributed by atoms with Crippen molar-refractivity contribution in [1.82, 2.24) is 4.90 Å². The molecule has 0 saturated carbocycles. The predicted octanol–water partition coefficient (Wildman–Crippen LogP) is -0.709. The standard InChI is InChI=1S/C7H15NO2/c1-2-8-3-6(5-9)7(10)4-8/h6-7,9-10H,2-5H2,1H3. The first-order valence-corrected chi connectivity index (χ1v) is 3.79. The molecule has 1 aliphatic heterocycles. The Bertz CT molecular complexity index is 108. The molecule has 2 unspecified atom stereocenters. The number of likely N-dealkylation sites (N-methyl/N-ethyl adjacent to an activating group) is 1. The first kappa shape index (κ1) is 7.98. The second kappa shape index (κ2) is 3.32. The number of β-amino-alcohol motifs (C(OH)–C–C–N with tert-alkyl or cyclic N) is 1. The smallest absolute Gasteiger partial charge is 0.0729 e. The molecule has 60 valence electrons. The van der Waals surface area contributed by atoms with Crippen LogP contribution in [0.4, 0.5) is 0 Å². The summed E-state index contributed by atoms with van der Waals surface area (Å²) in [7, 11) is 0. The Balaban J connectivity index is 2.36. The van der Waals surface area contributed by atoms with Gasteiger partial charge in [0, 0.05) is 25.6 Å². The monoisotopic (exact) mass is 145 g/mol. The van der Waals surface area contributed by atoms with Gasteiger partial charge in [-0.05, 0) is 6.54 Å². The predicted molar refractivity (Wildman–Crippen MR) is 38.7 cm³/mol. The van der Waals surface area contributed by atoms with Crippen LogP contribution >= 0.6 is 0 Å². The topological polar surface area (TPSA) is 43.7 Å². The summed E-state index contributed by atoms with van der Waals surface area (Å²) in [5, 5.41) is 18.1. The van der Waals surface area contributed by atoms with Crippen molar-refractivity contribution in [2.75, 3.05) is 26.2 Å². The van der Waals surface area contributed by atoms with Crippen molar-refractivity contribution in [3.8, 4) is 0 Å². The maximum atomic E-state index is 9.29. The molecule has 1 heterocycles. The van der Waals surface area contributed by atoms with Crippen LogP contribution in [0.5, 0.6) is 0 Å². The van der Waals surface area contributed by atoms with Crippen LogP contribution in [-0.4, -0.2) is 47.5 Å². The first-order valence-electron chi connectivity index (χ1n) is 3.79. The van der Waals surface area contributed by atoms with Crippen LogP contribution in [0, 0.1) is 5.92 Å². The number of hydrogen-bond acceptors (Lipinski definition) is 3. The summed E-state index contributed by atoms with van der Waals surface area (Å²) in [6, 6.07) is 0. The molecule has 0 bridgehead atoms. The van der Waals surface area contributed by atoms with Gasteiger partial charge >= 0.3 is 0 Å². The minimum absolute atomic E-state index is 0.0833. The lowest BCUT2D eigenvalue weighted by Gasteiger charge is -2.10. The fourth-order valence-corrected chi connectivity index (χ4v) is 1.38. The van der Waals surface area contributed by atoms with Crippen molar-refractivity contribution in [1.29, 1.82) is 0 Å². The molecule has 1 aliphatic rings. The first-order chi connectivity index (χ1) is 4.77. The van der Waals surface area contributed by atoms with E-state index in [1.807, 2.05) is 0 Å². The molecule has 2 N–H and O–H groups in total. The highest BCUT2D eigenvalue weighted by atomic mass is 16.3. The molecule has 0 aromatic rings. The molecule has 0 aliphatic carbocycles. The quantitative estimate of drug-likeness (QED) is 0.539. The summed E-state index contributed by atoms with van der Waals surface area (Å²) in [6.45, 7) is 4.70. The van der Waals surface area contributed by atoms with Gasteiger partial charge in [-0.15, -0.1) is 0 Å². The van der Waals surface area contributed by atoms with Gasteiger partial charge in [-0.25, -0.2) is 0 Å². The summed E-state index contributed by atoms with van der Waals surface area (Å²) in [4.78, 5) is 2.14. The number of nitrogens with zero attached hydrogens (tertiary/aromatic N) is 1. The number of aliphatic hydroxyl groups is 2. The van der Waals surface area contributed by atoms with Gasteiger partial charge in [-0.2, -0.15) is 0 Å². The molecule has 0 spiro atoms. The van der Waals surface area contributed by atoms with Crippen molar-refractivity contribution in [2.24, 2.45) is 5.92 Å². The third-order valence-electron chi connectivity index (χ3n) is 2.16. The Morgan fingerprint density at radius 3 is 2.50 bits per heavy atom. The summed E-state index contributed by atoms with van der Waals surface area (Å²) < 4.78 is 0. The van der Waals surface area contributed by atoms with E-state index in [1.54, 1.807) is 0 Å². The summed E-state index contributed by atoms with van der Waals surface area (Å²) in [6.07, 6.45) is -0.315. The minimum Gasteiger partial charge on any atom is -0.396 e. The van der Waals surface area contributed by atoms with Crippen molar-refractivity contribution in [3.63, 3.8) is 0 Å². The van der Waals surface area contributed by atoms with Gasteiger partial charge in [0.25, 0.3) is 0 Å². The summed E-state index contributed by atoms with van der Waals surface area (Å²) in [5.74, 6) is 0.0833. The van der Waals surface area contributed by atoms with E-state index in [1.165, 1.54) is 0 Å². The van der Waals surface area contributed by atoms with E-state index in [4.69, 9.17) is 5.11 Å². The molecule has 3 nitrogen and oxygen atoms in total. The zero-order valence-electron chi connectivity index (χ0n) is 6.32. The molecule has 2 atom stereocenters. The molecule has 1 fully saturated rings. The van der Waals surface area contributed by atoms with Crippen molar-refractivity contribution in [2.45, 2.75) is 13.0 Å². The van der Waals surface area contributed by atoms with Gasteiger partial charge in [0.1, 0.15) is 0 Å². The van der Waals surface area contributed by atoms with Crippen LogP contribution in [0.25, 0.3) is 0 Å². The van der Waals surface area contributed by atoms with E-state index >= 15 is 0 Å². The van der Waals surface area contributed by atoms with Crippen molar-refractivity contribution >= 4 is 0 Å². The normalized spacial score (nSPS) is 35.1. The highest BCUT2D eigenvalue weighted by Gasteiger charge is 2.29. The van der Waals surface area contributed by atoms with Crippen LogP contribution in [0.1, 0.15) is 6.92 Å². The van der Waals surface area contributed by atoms with Gasteiger partial charge in [0.15, 0.2) is 0 Å². The van der Waals surface area contributed by atoms with E-state index in [0.717, 1.165) is 19.6 Å². The van der Waals surface area contributed by atoms with E-state index in [2.05, 4.69) is 11.8 Å². The fourth-order valence-electron chi connectivity index (χ4n) is 1.38. The third kappa shape index (κ3) is 1.48. The molecular formula is C7H15NO2. The molecule has 1 rings (SSSR count). The third-order valence-corrected chi connectivity index (χ3v) is 2.16. The largest absolute Gasteiger partial charge is 0.396 e. The van der Waals surface area contributed by atoms with E-state index in [0.29, 0.717) is 0 Å². The second-order valence-electron chi connectivity index (χ2n) is 2.86. The van der Waals surface area contributed by atoms with Crippen LogP contribution < -0.4 is 0 Å². The Labute approximate surface area is 61.3 Å². The lowest BCUT2D eigenvalue weighted by atomic mass is 10.1. The van der Waals surface area contributed by atoms with E-state index < -0.39 is 0 Å². The van der Waals surface area contributed by atoms with Gasteiger partial charge in [-0.3, -0.25) is 0 Å². The maximum Gasteiger partial charge on any atom is 0.0729 e. The maximum absolute atomic E-state index is 9.29. The Morgan fingerprint density at radius 1 is 1.50 bits per heavy atom. The number of hydrogen-bond donors (Lipinski definition) is 2. The average molecular weight is 145 g/mol. The molecular weight excluding hydrogens is 130 g/mol. The molecule has 0 radical (unpaired) electrons. The summed E-state index contributed by atoms with van der Waals surface area (Å²) in [5.41, 5.74) is 0. The highest BCUT2D eigenvalue weighted by Crippen LogP contribution is 2.15. The van der Waals surface area contributed by atoms with Gasteiger partial charge in [0.2, 0.25) is 0 Å². The zero-order valence-corrected chi connectivity index (χ0v) is 6.32. The summed E-state index contributed by atoms with van der Waals surface area (Å²) >= 11 is 0. The molecule has 0 aromatic heterocycles. The van der Waals surface area contributed by atoms with Gasteiger partial charge in [-0.1, -0.05) is 6.92 Å². The van der Waals surface area contributed by atoms with Gasteiger partial charge < -0.3 is 15.1 Å². The van der Waals surface area contributed by atoms with Crippen LogP contribution in [0.3, 0.4) is 0 Å². The number of likely N-dealkylation sites (tertiary alicyclic amines) is 1. The molecule has 3 heteroatoms. The molecule has 1 saturated heterocycles. The number of rotatable bonds is 2. The Kier molecular flexibility index (Phi) is 2.65. The fraction of sp³-hybridized carbons (Fsp3) is 1.00. The zero-order chi connectivity index (χ0) is 7.56. The second-order valence-corrected chi connectivity index (χ2v) is 2.86. The highest BCUT2D eigenvalue weighted by molar-refractivity contribution is 4.82. The average Bonchev–Trinajstić information content (AvgIpc) is 2.30. The van der Waals surface area contributed by atoms with Crippen molar-refractivity contribution in [3.05, 3.63) is 0 Å².